The van der Waals surface area contributed by atoms with Gasteiger partial charge in [0.2, 0.25) is 17.7 Å². The Labute approximate surface area is 185 Å². The van der Waals surface area contributed by atoms with Gasteiger partial charge in [0.15, 0.2) is 0 Å². The highest BCUT2D eigenvalue weighted by atomic mass is 16.5. The predicted molar refractivity (Wildman–Crippen MR) is 116 cm³/mol. The molecule has 3 rings (SSSR count). The van der Waals surface area contributed by atoms with E-state index < -0.39 is 29.1 Å². The van der Waals surface area contributed by atoms with Crippen molar-refractivity contribution in [1.29, 1.82) is 0 Å². The van der Waals surface area contributed by atoms with Crippen LogP contribution in [0.15, 0.2) is 0 Å². The molecular weight excluding hydrogens is 398 g/mol. The highest BCUT2D eigenvalue weighted by Gasteiger charge is 2.79. The number of carbonyl (C=O) groups excluding carboxylic acids is 3. The Morgan fingerprint density at radius 1 is 1.19 bits per heavy atom. The average Bonchev–Trinajstić information content (AvgIpc) is 3.24. The Morgan fingerprint density at radius 2 is 1.90 bits per heavy atom. The van der Waals surface area contributed by atoms with E-state index >= 15 is 0 Å². The van der Waals surface area contributed by atoms with Gasteiger partial charge in [-0.3, -0.25) is 14.4 Å². The van der Waals surface area contributed by atoms with Crippen LogP contribution >= 0.6 is 0 Å². The molecule has 3 aliphatic heterocycles. The molecule has 8 heteroatoms. The summed E-state index contributed by atoms with van der Waals surface area (Å²) in [4.78, 5) is 41.6. The van der Waals surface area contributed by atoms with Crippen LogP contribution in [0.1, 0.15) is 65.7 Å². The Morgan fingerprint density at radius 3 is 2.55 bits per heavy atom. The van der Waals surface area contributed by atoms with E-state index in [-0.39, 0.29) is 30.2 Å². The van der Waals surface area contributed by atoms with Crippen LogP contribution in [0, 0.1) is 17.8 Å². The molecule has 3 fully saturated rings. The fraction of sp³-hybridized carbons (Fsp3) is 0.870. The van der Waals surface area contributed by atoms with Crippen LogP contribution < -0.4 is 10.6 Å². The van der Waals surface area contributed by atoms with Gasteiger partial charge in [-0.1, -0.05) is 33.1 Å². The number of hydrogen-bond donors (Lipinski definition) is 3. The molecule has 176 valence electrons. The first-order valence-electron chi connectivity index (χ1n) is 11.9. The molecule has 31 heavy (non-hydrogen) atoms. The first-order chi connectivity index (χ1) is 14.8. The lowest BCUT2D eigenvalue weighted by Gasteiger charge is -2.36. The van der Waals surface area contributed by atoms with Gasteiger partial charge in [0, 0.05) is 26.7 Å². The lowest BCUT2D eigenvalue weighted by molar-refractivity contribution is -0.147. The number of ether oxygens (including phenoxy) is 1. The maximum Gasteiger partial charge on any atom is 0.245 e. The van der Waals surface area contributed by atoms with Crippen LogP contribution in [0.2, 0.25) is 0 Å². The summed E-state index contributed by atoms with van der Waals surface area (Å²) in [5.41, 5.74) is -1.71. The largest absolute Gasteiger partial charge is 0.396 e. The summed E-state index contributed by atoms with van der Waals surface area (Å²) in [6.07, 6.45) is 5.69. The minimum absolute atomic E-state index is 0.0642. The first kappa shape index (κ1) is 24.0. The van der Waals surface area contributed by atoms with Gasteiger partial charge in [0.1, 0.15) is 11.6 Å². The van der Waals surface area contributed by atoms with Crippen LogP contribution in [-0.4, -0.2) is 71.7 Å². The third-order valence-corrected chi connectivity index (χ3v) is 7.73. The monoisotopic (exact) mass is 437 g/mol. The van der Waals surface area contributed by atoms with E-state index in [0.717, 1.165) is 38.5 Å². The molecule has 3 unspecified atom stereocenters. The summed E-state index contributed by atoms with van der Waals surface area (Å²) in [6, 6.07) is -0.710. The van der Waals surface area contributed by atoms with Crippen molar-refractivity contribution in [1.82, 2.24) is 15.5 Å². The van der Waals surface area contributed by atoms with Gasteiger partial charge in [0.25, 0.3) is 0 Å². The highest BCUT2D eigenvalue weighted by Crippen LogP contribution is 2.65. The summed E-state index contributed by atoms with van der Waals surface area (Å²) in [6.45, 7) is 7.23. The van der Waals surface area contributed by atoms with Gasteiger partial charge >= 0.3 is 0 Å². The lowest BCUT2D eigenvalue weighted by Crippen LogP contribution is -2.56. The molecule has 0 aliphatic carbocycles. The molecule has 3 heterocycles. The lowest BCUT2D eigenvalue weighted by atomic mass is 9.62. The number of aliphatic hydroxyl groups excluding tert-OH is 1. The topological polar surface area (TPSA) is 108 Å². The summed E-state index contributed by atoms with van der Waals surface area (Å²) >= 11 is 0. The Kier molecular flexibility index (Phi) is 7.31. The van der Waals surface area contributed by atoms with Crippen molar-refractivity contribution >= 4 is 17.7 Å². The zero-order chi connectivity index (χ0) is 22.8. The third kappa shape index (κ3) is 3.86. The number of amides is 3. The predicted octanol–water partition coefficient (Wildman–Crippen LogP) is 1.21. The molecule has 2 bridgehead atoms. The van der Waals surface area contributed by atoms with Gasteiger partial charge < -0.3 is 25.4 Å². The first-order valence-corrected chi connectivity index (χ1v) is 11.9. The SMILES string of the molecule is CCCCNC(=O)C1N(CCCCCCO)C(=O)[C@@H]2[C@H](C(=O)NC)[C@@]3(C)OC12CC3C. The maximum absolute atomic E-state index is 13.7. The zero-order valence-electron chi connectivity index (χ0n) is 19.4. The molecule has 6 atom stereocenters. The van der Waals surface area contributed by atoms with Crippen molar-refractivity contribution in [3.05, 3.63) is 0 Å². The van der Waals surface area contributed by atoms with Crippen molar-refractivity contribution in [2.75, 3.05) is 26.7 Å². The van der Waals surface area contributed by atoms with E-state index in [0.29, 0.717) is 19.5 Å². The van der Waals surface area contributed by atoms with Crippen LogP contribution in [0.5, 0.6) is 0 Å². The summed E-state index contributed by atoms with van der Waals surface area (Å²) in [5.74, 6) is -1.67. The van der Waals surface area contributed by atoms with Crippen LogP contribution in [0.25, 0.3) is 0 Å². The smallest absolute Gasteiger partial charge is 0.245 e. The molecule has 8 nitrogen and oxygen atoms in total. The molecule has 0 radical (unpaired) electrons. The van der Waals surface area contributed by atoms with E-state index in [2.05, 4.69) is 24.5 Å². The summed E-state index contributed by atoms with van der Waals surface area (Å²) in [7, 11) is 1.59. The van der Waals surface area contributed by atoms with E-state index in [9.17, 15) is 14.4 Å². The summed E-state index contributed by atoms with van der Waals surface area (Å²) < 4.78 is 6.59. The number of carbonyl (C=O) groups is 3. The van der Waals surface area contributed by atoms with E-state index in [1.807, 2.05) is 6.92 Å². The quantitative estimate of drug-likeness (QED) is 0.421. The standard InChI is InChI=1S/C23H39N3O5/c1-5-6-11-25-20(29)18-23-14-15(2)22(3,31-23)16(19(28)24-4)17(23)21(30)26(18)12-9-7-8-10-13-27/h15-18,27H,5-14H2,1-4H3,(H,24,28)(H,25,29)/t15?,16-,17+,18?,22+,23?/m1/s1. The third-order valence-electron chi connectivity index (χ3n) is 7.73. The molecular formula is C23H39N3O5. The van der Waals surface area contributed by atoms with Crippen molar-refractivity contribution < 1.29 is 24.2 Å². The maximum atomic E-state index is 13.7. The molecule has 0 aromatic rings. The number of unbranched alkanes of at least 4 members (excludes halogenated alkanes) is 4. The second-order valence-corrected chi connectivity index (χ2v) is 9.63. The second-order valence-electron chi connectivity index (χ2n) is 9.63. The zero-order valence-corrected chi connectivity index (χ0v) is 19.4. The number of fused-ring (bicyclic) bond motifs is 1. The minimum Gasteiger partial charge on any atom is -0.396 e. The Bertz CT molecular complexity index is 701. The molecule has 1 spiro atoms. The molecule has 3 saturated heterocycles. The summed E-state index contributed by atoms with van der Waals surface area (Å²) in [5, 5.41) is 14.7. The molecule has 3 N–H and O–H groups in total. The normalized spacial score (nSPS) is 36.0. The van der Waals surface area contributed by atoms with Crippen LogP contribution in [0.4, 0.5) is 0 Å². The van der Waals surface area contributed by atoms with Gasteiger partial charge in [-0.25, -0.2) is 0 Å². The van der Waals surface area contributed by atoms with Gasteiger partial charge in [0.05, 0.1) is 17.4 Å². The minimum atomic E-state index is -0.955. The van der Waals surface area contributed by atoms with Crippen molar-refractivity contribution in [3.63, 3.8) is 0 Å². The average molecular weight is 438 g/mol. The van der Waals surface area contributed by atoms with Crippen molar-refractivity contribution in [2.45, 2.75) is 83.0 Å². The Hall–Kier alpha value is -1.67. The van der Waals surface area contributed by atoms with E-state index in [1.165, 1.54) is 0 Å². The number of aliphatic hydroxyl groups is 1. The van der Waals surface area contributed by atoms with Gasteiger partial charge in [-0.15, -0.1) is 0 Å². The van der Waals surface area contributed by atoms with Crippen molar-refractivity contribution in [2.24, 2.45) is 17.8 Å². The molecule has 3 aliphatic rings. The highest BCUT2D eigenvalue weighted by molar-refractivity contribution is 5.99. The number of nitrogens with zero attached hydrogens (tertiary/aromatic N) is 1. The molecule has 3 amide bonds. The van der Waals surface area contributed by atoms with Crippen LogP contribution in [-0.2, 0) is 19.1 Å². The fourth-order valence-corrected chi connectivity index (χ4v) is 6.07. The number of rotatable bonds is 11. The molecule has 0 saturated carbocycles. The number of likely N-dealkylation sites (tertiary alicyclic amines) is 1. The molecule has 0 aromatic carbocycles. The van der Waals surface area contributed by atoms with Gasteiger partial charge in [-0.05, 0) is 38.5 Å². The van der Waals surface area contributed by atoms with E-state index in [1.54, 1.807) is 11.9 Å². The van der Waals surface area contributed by atoms with Gasteiger partial charge in [-0.2, -0.15) is 0 Å². The fourth-order valence-electron chi connectivity index (χ4n) is 6.07. The van der Waals surface area contributed by atoms with Crippen molar-refractivity contribution in [3.8, 4) is 0 Å². The molecule has 0 aromatic heterocycles. The number of nitrogens with one attached hydrogen (secondary N) is 2. The number of hydrogen-bond acceptors (Lipinski definition) is 5. The second kappa shape index (κ2) is 9.45. The van der Waals surface area contributed by atoms with E-state index in [4.69, 9.17) is 9.84 Å². The Balaban J connectivity index is 1.91. The van der Waals surface area contributed by atoms with Crippen LogP contribution in [0.3, 0.4) is 0 Å².